The van der Waals surface area contributed by atoms with E-state index in [1.807, 2.05) is 0 Å². The van der Waals surface area contributed by atoms with E-state index >= 15 is 0 Å². The van der Waals surface area contributed by atoms with Crippen LogP contribution in [0.3, 0.4) is 0 Å². The van der Waals surface area contributed by atoms with Crippen LogP contribution < -0.4 is 4.90 Å². The minimum Gasteiger partial charge on any atom is -0.466 e. The van der Waals surface area contributed by atoms with Crippen LogP contribution in [0.1, 0.15) is 31.7 Å². The number of benzene rings is 1. The van der Waals surface area contributed by atoms with Crippen LogP contribution >= 0.6 is 0 Å². The Hall–Kier alpha value is -2.97. The van der Waals surface area contributed by atoms with E-state index < -0.39 is 11.7 Å². The molecule has 0 N–H and O–H groups in total. The maximum atomic E-state index is 14.3. The maximum absolute atomic E-state index is 14.3. The third kappa shape index (κ3) is 5.26. The van der Waals surface area contributed by atoms with E-state index in [-0.39, 0.29) is 61.4 Å². The van der Waals surface area contributed by atoms with Gasteiger partial charge in [-0.3, -0.25) is 19.2 Å². The maximum Gasteiger partial charge on any atom is 0.310 e. The second kappa shape index (κ2) is 10.1. The summed E-state index contributed by atoms with van der Waals surface area (Å²) in [6, 6.07) is 4.61. The zero-order valence-electron chi connectivity index (χ0n) is 18.8. The Morgan fingerprint density at radius 2 is 1.97 bits per heavy atom. The summed E-state index contributed by atoms with van der Waals surface area (Å²) in [5.74, 6) is -2.70. The molecule has 2 aliphatic heterocycles. The number of rotatable bonds is 6. The van der Waals surface area contributed by atoms with Crippen molar-refractivity contribution in [3.8, 4) is 0 Å². The molecule has 32 heavy (non-hydrogen) atoms. The quantitative estimate of drug-likeness (QED) is 0.620. The van der Waals surface area contributed by atoms with Gasteiger partial charge in [-0.15, -0.1) is 0 Å². The van der Waals surface area contributed by atoms with Crippen LogP contribution in [0.2, 0.25) is 0 Å². The van der Waals surface area contributed by atoms with Crippen LogP contribution in [0.4, 0.5) is 10.1 Å². The fourth-order valence-corrected chi connectivity index (χ4v) is 4.29. The number of piperidine rings is 1. The highest BCUT2D eigenvalue weighted by Crippen LogP contribution is 2.29. The predicted octanol–water partition coefficient (Wildman–Crippen LogP) is 1.75. The van der Waals surface area contributed by atoms with Crippen molar-refractivity contribution in [3.63, 3.8) is 0 Å². The highest BCUT2D eigenvalue weighted by atomic mass is 19.1. The molecule has 2 heterocycles. The second-order valence-electron chi connectivity index (χ2n) is 8.49. The van der Waals surface area contributed by atoms with Crippen molar-refractivity contribution < 1.29 is 28.3 Å². The highest BCUT2D eigenvalue weighted by molar-refractivity contribution is 6.00. The van der Waals surface area contributed by atoms with Crippen LogP contribution in [-0.4, -0.2) is 73.3 Å². The molecule has 0 aromatic heterocycles. The first-order valence-electron chi connectivity index (χ1n) is 11.0. The molecule has 0 spiro atoms. The summed E-state index contributed by atoms with van der Waals surface area (Å²) in [7, 11) is 1.52. The average molecular weight is 448 g/mol. The standard InChI is InChI=1S/C23H30FN3O5/c1-4-32-23(31)16-6-5-9-26(12-16)21(29)14-25(3)22(30)17-11-20(28)27(13-17)19-8-7-15(2)10-18(19)24/h7-8,10,16-17H,4-6,9,11-14H2,1-3H3. The van der Waals surface area contributed by atoms with Gasteiger partial charge in [0.05, 0.1) is 30.7 Å². The van der Waals surface area contributed by atoms with Crippen LogP contribution in [0, 0.1) is 24.6 Å². The fourth-order valence-electron chi connectivity index (χ4n) is 4.29. The number of aryl methyl sites for hydroxylation is 1. The molecule has 0 radical (unpaired) electrons. The first-order valence-corrected chi connectivity index (χ1v) is 11.0. The summed E-state index contributed by atoms with van der Waals surface area (Å²) in [4.78, 5) is 54.3. The summed E-state index contributed by atoms with van der Waals surface area (Å²) in [5.41, 5.74) is 0.902. The number of likely N-dealkylation sites (N-methyl/N-ethyl adjacent to an activating group) is 1. The van der Waals surface area contributed by atoms with Gasteiger partial charge in [-0.05, 0) is 44.4 Å². The molecular weight excluding hydrogens is 417 g/mol. The zero-order valence-corrected chi connectivity index (χ0v) is 18.8. The second-order valence-corrected chi connectivity index (χ2v) is 8.49. The minimum atomic E-state index is -0.644. The largest absolute Gasteiger partial charge is 0.466 e. The molecule has 2 fully saturated rings. The third-order valence-electron chi connectivity index (χ3n) is 6.01. The number of anilines is 1. The lowest BCUT2D eigenvalue weighted by Crippen LogP contribution is -2.48. The number of halogens is 1. The Morgan fingerprint density at radius 1 is 1.22 bits per heavy atom. The molecule has 1 aromatic carbocycles. The Balaban J connectivity index is 1.58. The van der Waals surface area contributed by atoms with Crippen LogP contribution in [0.25, 0.3) is 0 Å². The molecule has 0 saturated carbocycles. The molecule has 3 amide bonds. The van der Waals surface area contributed by atoms with E-state index in [1.54, 1.807) is 30.9 Å². The Labute approximate surface area is 187 Å². The summed E-state index contributed by atoms with van der Waals surface area (Å²) < 4.78 is 19.4. The number of ether oxygens (including phenoxy) is 1. The first kappa shape index (κ1) is 23.7. The number of hydrogen-bond donors (Lipinski definition) is 0. The van der Waals surface area contributed by atoms with E-state index in [0.717, 1.165) is 5.56 Å². The molecule has 0 aliphatic carbocycles. The highest BCUT2D eigenvalue weighted by Gasteiger charge is 2.38. The molecular formula is C23H30FN3O5. The molecule has 9 heteroatoms. The van der Waals surface area contributed by atoms with Crippen molar-refractivity contribution in [1.82, 2.24) is 9.80 Å². The number of hydrogen-bond acceptors (Lipinski definition) is 5. The van der Waals surface area contributed by atoms with Gasteiger partial charge >= 0.3 is 5.97 Å². The van der Waals surface area contributed by atoms with Gasteiger partial charge in [-0.25, -0.2) is 4.39 Å². The Morgan fingerprint density at radius 3 is 2.66 bits per heavy atom. The smallest absolute Gasteiger partial charge is 0.310 e. The molecule has 174 valence electrons. The summed E-state index contributed by atoms with van der Waals surface area (Å²) in [5, 5.41) is 0. The SMILES string of the molecule is CCOC(=O)C1CCCN(C(=O)CN(C)C(=O)C2CC(=O)N(c3ccc(C)cc3F)C2)C1. The van der Waals surface area contributed by atoms with E-state index in [1.165, 1.54) is 22.9 Å². The lowest BCUT2D eigenvalue weighted by Gasteiger charge is -2.33. The average Bonchev–Trinajstić information content (AvgIpc) is 3.14. The normalized spacial score (nSPS) is 20.9. The van der Waals surface area contributed by atoms with Gasteiger partial charge in [-0.1, -0.05) is 6.07 Å². The van der Waals surface area contributed by atoms with Gasteiger partial charge in [-0.2, -0.15) is 0 Å². The summed E-state index contributed by atoms with van der Waals surface area (Å²) >= 11 is 0. The molecule has 0 bridgehead atoms. The number of carbonyl (C=O) groups excluding carboxylic acids is 4. The number of esters is 1. The first-order chi connectivity index (χ1) is 15.2. The fraction of sp³-hybridized carbons (Fsp3) is 0.565. The summed E-state index contributed by atoms with van der Waals surface area (Å²) in [6.45, 7) is 4.54. The third-order valence-corrected chi connectivity index (χ3v) is 6.01. The van der Waals surface area contributed by atoms with Gasteiger partial charge in [0.15, 0.2) is 0 Å². The van der Waals surface area contributed by atoms with Crippen LogP contribution in [0.5, 0.6) is 0 Å². The molecule has 8 nitrogen and oxygen atoms in total. The van der Waals surface area contributed by atoms with Crippen molar-refractivity contribution in [2.24, 2.45) is 11.8 Å². The number of likely N-dealkylation sites (tertiary alicyclic amines) is 1. The van der Waals surface area contributed by atoms with E-state index in [2.05, 4.69) is 0 Å². The molecule has 1 aromatic rings. The van der Waals surface area contributed by atoms with Crippen molar-refractivity contribution >= 4 is 29.4 Å². The predicted molar refractivity (Wildman–Crippen MR) is 115 cm³/mol. The number of carbonyl (C=O) groups is 4. The number of nitrogens with zero attached hydrogens (tertiary/aromatic N) is 3. The molecule has 2 aliphatic rings. The number of amides is 3. The molecule has 3 rings (SSSR count). The van der Waals surface area contributed by atoms with E-state index in [9.17, 15) is 23.6 Å². The van der Waals surface area contributed by atoms with Crippen LogP contribution in [-0.2, 0) is 23.9 Å². The van der Waals surface area contributed by atoms with Gasteiger partial charge in [0.2, 0.25) is 17.7 Å². The molecule has 2 unspecified atom stereocenters. The van der Waals surface area contributed by atoms with Gasteiger partial charge in [0.1, 0.15) is 5.82 Å². The van der Waals surface area contributed by atoms with Gasteiger partial charge < -0.3 is 19.4 Å². The lowest BCUT2D eigenvalue weighted by molar-refractivity contribution is -0.152. The van der Waals surface area contributed by atoms with Crippen LogP contribution in [0.15, 0.2) is 18.2 Å². The Kier molecular flexibility index (Phi) is 7.48. The van der Waals surface area contributed by atoms with Crippen molar-refractivity contribution in [2.75, 3.05) is 44.7 Å². The van der Waals surface area contributed by atoms with Gasteiger partial charge in [0, 0.05) is 33.1 Å². The Bertz CT molecular complexity index is 906. The van der Waals surface area contributed by atoms with E-state index in [0.29, 0.717) is 26.0 Å². The van der Waals surface area contributed by atoms with E-state index in [4.69, 9.17) is 4.74 Å². The van der Waals surface area contributed by atoms with Crippen molar-refractivity contribution in [1.29, 1.82) is 0 Å². The molecule has 2 atom stereocenters. The topological polar surface area (TPSA) is 87.2 Å². The van der Waals surface area contributed by atoms with Crippen molar-refractivity contribution in [3.05, 3.63) is 29.6 Å². The lowest BCUT2D eigenvalue weighted by atomic mass is 9.98. The monoisotopic (exact) mass is 447 g/mol. The zero-order chi connectivity index (χ0) is 23.4. The minimum absolute atomic E-state index is 0.0284. The van der Waals surface area contributed by atoms with Gasteiger partial charge in [0.25, 0.3) is 0 Å². The summed E-state index contributed by atoms with van der Waals surface area (Å²) in [6.07, 6.45) is 1.34. The van der Waals surface area contributed by atoms with Crippen molar-refractivity contribution in [2.45, 2.75) is 33.1 Å². The molecule has 2 saturated heterocycles.